The molecule has 0 N–H and O–H groups in total. The quantitative estimate of drug-likeness (QED) is 0.824. The Kier molecular flexibility index (Phi) is 3.85. The molecule has 1 saturated heterocycles. The average Bonchev–Trinajstić information content (AvgIpc) is 2.36. The zero-order valence-corrected chi connectivity index (χ0v) is 10.8. The summed E-state index contributed by atoms with van der Waals surface area (Å²) in [7, 11) is 0. The second-order valence-corrected chi connectivity index (χ2v) is 4.59. The van der Waals surface area contributed by atoms with E-state index in [0.717, 1.165) is 11.3 Å². The van der Waals surface area contributed by atoms with E-state index in [1.54, 1.807) is 11.0 Å². The summed E-state index contributed by atoms with van der Waals surface area (Å²) < 4.78 is 5.31. The third-order valence-electron chi connectivity index (χ3n) is 2.98. The van der Waals surface area contributed by atoms with Gasteiger partial charge in [0.25, 0.3) is 5.91 Å². The summed E-state index contributed by atoms with van der Waals surface area (Å²) >= 11 is 6.06. The Balaban J connectivity index is 2.27. The number of morpholine rings is 1. The normalized spacial score (nSPS) is 19.7. The van der Waals surface area contributed by atoms with Crippen LogP contribution >= 0.6 is 11.6 Å². The summed E-state index contributed by atoms with van der Waals surface area (Å²) in [5.41, 5.74) is 1.66. The summed E-state index contributed by atoms with van der Waals surface area (Å²) in [6, 6.07) is 7.52. The largest absolute Gasteiger partial charge is 0.365 e. The van der Waals surface area contributed by atoms with Crippen LogP contribution in [0.2, 0.25) is 5.02 Å². The van der Waals surface area contributed by atoms with Crippen LogP contribution in [0, 0.1) is 18.3 Å². The molecule has 94 valence electrons. The monoisotopic (exact) mass is 264 g/mol. The van der Waals surface area contributed by atoms with Crippen LogP contribution in [0.15, 0.2) is 18.2 Å². The van der Waals surface area contributed by atoms with Gasteiger partial charge in [0.05, 0.1) is 25.1 Å². The lowest BCUT2D eigenvalue weighted by Gasteiger charge is -2.32. The highest BCUT2D eigenvalue weighted by molar-refractivity contribution is 6.31. The SMILES string of the molecule is Cc1c(Cl)cccc1N1CC(CC#N)OCC1=O. The number of nitriles is 1. The second kappa shape index (κ2) is 5.38. The van der Waals surface area contributed by atoms with Crippen molar-refractivity contribution in [3.8, 4) is 6.07 Å². The number of benzene rings is 1. The Morgan fingerprint density at radius 3 is 3.11 bits per heavy atom. The summed E-state index contributed by atoms with van der Waals surface area (Å²) in [6.45, 7) is 2.28. The number of halogens is 1. The fraction of sp³-hybridized carbons (Fsp3) is 0.385. The smallest absolute Gasteiger partial charge is 0.253 e. The number of hydrogen-bond donors (Lipinski definition) is 0. The summed E-state index contributed by atoms with van der Waals surface area (Å²) in [4.78, 5) is 13.5. The molecule has 1 atom stereocenters. The van der Waals surface area contributed by atoms with Crippen molar-refractivity contribution >= 4 is 23.2 Å². The van der Waals surface area contributed by atoms with Gasteiger partial charge in [-0.25, -0.2) is 0 Å². The first-order chi connectivity index (χ1) is 8.63. The van der Waals surface area contributed by atoms with Crippen molar-refractivity contribution in [3.63, 3.8) is 0 Å². The fourth-order valence-corrected chi connectivity index (χ4v) is 2.14. The number of rotatable bonds is 2. The molecule has 0 spiro atoms. The van der Waals surface area contributed by atoms with Gasteiger partial charge >= 0.3 is 0 Å². The molecule has 1 heterocycles. The second-order valence-electron chi connectivity index (χ2n) is 4.18. The summed E-state index contributed by atoms with van der Waals surface area (Å²) in [5.74, 6) is -0.102. The molecule has 1 aromatic rings. The number of anilines is 1. The molecule has 1 aromatic carbocycles. The lowest BCUT2D eigenvalue weighted by atomic mass is 10.1. The van der Waals surface area contributed by atoms with Crippen molar-refractivity contribution in [2.75, 3.05) is 18.1 Å². The van der Waals surface area contributed by atoms with Crippen molar-refractivity contribution in [2.45, 2.75) is 19.4 Å². The van der Waals surface area contributed by atoms with E-state index in [2.05, 4.69) is 6.07 Å². The maximum atomic E-state index is 11.9. The topological polar surface area (TPSA) is 53.3 Å². The van der Waals surface area contributed by atoms with Gasteiger partial charge in [0, 0.05) is 10.7 Å². The average molecular weight is 265 g/mol. The van der Waals surface area contributed by atoms with Crippen LogP contribution < -0.4 is 4.90 Å². The third-order valence-corrected chi connectivity index (χ3v) is 3.39. The molecule has 0 aliphatic carbocycles. The number of amides is 1. The van der Waals surface area contributed by atoms with Gasteiger partial charge in [-0.15, -0.1) is 0 Å². The van der Waals surface area contributed by atoms with Crippen LogP contribution in [0.25, 0.3) is 0 Å². The molecule has 0 bridgehead atoms. The van der Waals surface area contributed by atoms with Gasteiger partial charge in [-0.05, 0) is 24.6 Å². The van der Waals surface area contributed by atoms with E-state index in [1.165, 1.54) is 0 Å². The number of ether oxygens (including phenoxy) is 1. The first-order valence-corrected chi connectivity index (χ1v) is 6.05. The molecular weight excluding hydrogens is 252 g/mol. The molecule has 5 heteroatoms. The summed E-state index contributed by atoms with van der Waals surface area (Å²) in [5, 5.41) is 9.31. The zero-order valence-electron chi connectivity index (χ0n) is 10.0. The fourth-order valence-electron chi connectivity index (χ4n) is 1.97. The Morgan fingerprint density at radius 2 is 2.39 bits per heavy atom. The van der Waals surface area contributed by atoms with Gasteiger partial charge in [-0.2, -0.15) is 5.26 Å². The standard InChI is InChI=1S/C13H13ClN2O2/c1-9-11(14)3-2-4-12(9)16-7-10(5-6-15)18-8-13(16)17/h2-4,10H,5,7-8H2,1H3. The Labute approximate surface area is 111 Å². The van der Waals surface area contributed by atoms with Gasteiger partial charge in [-0.1, -0.05) is 17.7 Å². The van der Waals surface area contributed by atoms with Crippen molar-refractivity contribution in [3.05, 3.63) is 28.8 Å². The molecule has 1 aliphatic rings. The van der Waals surface area contributed by atoms with Crippen LogP contribution in [-0.4, -0.2) is 25.2 Å². The molecule has 0 aromatic heterocycles. The van der Waals surface area contributed by atoms with Gasteiger partial charge < -0.3 is 9.64 Å². The van der Waals surface area contributed by atoms with Crippen molar-refractivity contribution in [1.82, 2.24) is 0 Å². The molecular formula is C13H13ClN2O2. The van der Waals surface area contributed by atoms with E-state index in [9.17, 15) is 4.79 Å². The highest BCUT2D eigenvalue weighted by Crippen LogP contribution is 2.28. The van der Waals surface area contributed by atoms with Crippen LogP contribution in [-0.2, 0) is 9.53 Å². The van der Waals surface area contributed by atoms with Crippen LogP contribution in [0.4, 0.5) is 5.69 Å². The zero-order chi connectivity index (χ0) is 13.1. The molecule has 4 nitrogen and oxygen atoms in total. The molecule has 1 unspecified atom stereocenters. The van der Waals surface area contributed by atoms with E-state index in [1.807, 2.05) is 19.1 Å². The lowest BCUT2D eigenvalue weighted by Crippen LogP contribution is -2.47. The summed E-state index contributed by atoms with van der Waals surface area (Å²) in [6.07, 6.45) is 0.0507. The molecule has 0 radical (unpaired) electrons. The van der Waals surface area contributed by atoms with Crippen LogP contribution in [0.5, 0.6) is 0 Å². The van der Waals surface area contributed by atoms with Gasteiger partial charge in [0.1, 0.15) is 6.61 Å². The van der Waals surface area contributed by atoms with Crippen LogP contribution in [0.1, 0.15) is 12.0 Å². The van der Waals surface area contributed by atoms with E-state index in [4.69, 9.17) is 21.6 Å². The highest BCUT2D eigenvalue weighted by atomic mass is 35.5. The maximum Gasteiger partial charge on any atom is 0.253 e. The van der Waals surface area contributed by atoms with Gasteiger partial charge in [0.15, 0.2) is 0 Å². The third kappa shape index (κ3) is 2.47. The minimum absolute atomic E-state index is 0.0122. The Hall–Kier alpha value is -1.57. The van der Waals surface area contributed by atoms with Crippen molar-refractivity contribution in [1.29, 1.82) is 5.26 Å². The molecule has 1 fully saturated rings. The highest BCUT2D eigenvalue weighted by Gasteiger charge is 2.28. The molecule has 1 amide bonds. The van der Waals surface area contributed by atoms with Gasteiger partial charge in [-0.3, -0.25) is 4.79 Å². The number of carbonyl (C=O) groups excluding carboxylic acids is 1. The van der Waals surface area contributed by atoms with E-state index < -0.39 is 0 Å². The Bertz CT molecular complexity index is 510. The number of hydrogen-bond acceptors (Lipinski definition) is 3. The molecule has 2 rings (SSSR count). The first-order valence-electron chi connectivity index (χ1n) is 5.67. The maximum absolute atomic E-state index is 11.9. The Morgan fingerprint density at radius 1 is 1.61 bits per heavy atom. The van der Waals surface area contributed by atoms with E-state index in [-0.39, 0.29) is 25.0 Å². The van der Waals surface area contributed by atoms with E-state index in [0.29, 0.717) is 11.6 Å². The molecule has 1 aliphatic heterocycles. The number of carbonyl (C=O) groups is 1. The predicted molar refractivity (Wildman–Crippen MR) is 68.5 cm³/mol. The molecule has 0 saturated carbocycles. The van der Waals surface area contributed by atoms with Crippen LogP contribution in [0.3, 0.4) is 0 Å². The molecule has 18 heavy (non-hydrogen) atoms. The minimum Gasteiger partial charge on any atom is -0.365 e. The van der Waals surface area contributed by atoms with E-state index >= 15 is 0 Å². The predicted octanol–water partition coefficient (Wildman–Crippen LogP) is 2.29. The number of nitrogens with zero attached hydrogens (tertiary/aromatic N) is 2. The minimum atomic E-state index is -0.230. The van der Waals surface area contributed by atoms with Gasteiger partial charge in [0.2, 0.25) is 0 Å². The first kappa shape index (κ1) is 12.9. The van der Waals surface area contributed by atoms with Crippen molar-refractivity contribution < 1.29 is 9.53 Å². The van der Waals surface area contributed by atoms with Crippen molar-refractivity contribution in [2.24, 2.45) is 0 Å². The lowest BCUT2D eigenvalue weighted by molar-refractivity contribution is -0.129.